The van der Waals surface area contributed by atoms with E-state index in [1.807, 2.05) is 0 Å². The van der Waals surface area contributed by atoms with Crippen LogP contribution in [-0.2, 0) is 10.0 Å². The van der Waals surface area contributed by atoms with Gasteiger partial charge in [-0.05, 0) is 34.1 Å². The molecule has 1 N–H and O–H groups in total. The zero-order chi connectivity index (χ0) is 12.3. The number of hydrogen-bond acceptors (Lipinski definition) is 2. The largest absolute Gasteiger partial charge is 0.242 e. The van der Waals surface area contributed by atoms with Gasteiger partial charge in [-0.15, -0.1) is 0 Å². The minimum absolute atomic E-state index is 0.154. The zero-order valence-electron chi connectivity index (χ0n) is 8.00. The van der Waals surface area contributed by atoms with Crippen molar-refractivity contribution in [2.75, 3.05) is 6.54 Å². The van der Waals surface area contributed by atoms with Crippen molar-refractivity contribution in [3.8, 4) is 0 Å². The van der Waals surface area contributed by atoms with Gasteiger partial charge in [-0.2, -0.15) is 0 Å². The summed E-state index contributed by atoms with van der Waals surface area (Å²) in [5, 5.41) is 0. The van der Waals surface area contributed by atoms with Gasteiger partial charge in [0.15, 0.2) is 0 Å². The maximum Gasteiger partial charge on any atom is 0.242 e. The summed E-state index contributed by atoms with van der Waals surface area (Å²) in [5.41, 5.74) is 0. The fraction of sp³-hybridized carbons (Fsp3) is 0.111. The molecule has 0 unspecified atom stereocenters. The molecule has 0 fully saturated rings. The van der Waals surface area contributed by atoms with Crippen LogP contribution in [0.25, 0.3) is 0 Å². The molecule has 7 heteroatoms. The summed E-state index contributed by atoms with van der Waals surface area (Å²) in [5.74, 6) is 0. The molecule has 0 atom stereocenters. The average molecular weight is 434 g/mol. The highest BCUT2D eigenvalue weighted by molar-refractivity contribution is 9.11. The van der Waals surface area contributed by atoms with Crippen molar-refractivity contribution >= 4 is 57.8 Å². The minimum atomic E-state index is -3.53. The Labute approximate surface area is 120 Å². The highest BCUT2D eigenvalue weighted by atomic mass is 79.9. The monoisotopic (exact) mass is 431 g/mol. The lowest BCUT2D eigenvalue weighted by Gasteiger charge is -2.08. The number of sulfonamides is 1. The van der Waals surface area contributed by atoms with Crippen molar-refractivity contribution in [1.82, 2.24) is 4.72 Å². The van der Waals surface area contributed by atoms with E-state index in [4.69, 9.17) is 0 Å². The Hall–Kier alpha value is 0.310. The molecule has 0 aromatic heterocycles. The van der Waals surface area contributed by atoms with Gasteiger partial charge in [0, 0.05) is 20.0 Å². The molecule has 0 radical (unpaired) electrons. The molecular weight excluding hydrogens is 426 g/mol. The second-order valence-electron chi connectivity index (χ2n) is 2.92. The summed E-state index contributed by atoms with van der Waals surface area (Å²) < 4.78 is 28.0. The van der Waals surface area contributed by atoms with Gasteiger partial charge < -0.3 is 0 Å². The van der Waals surface area contributed by atoms with Crippen molar-refractivity contribution < 1.29 is 8.42 Å². The van der Waals surface area contributed by atoms with E-state index in [0.29, 0.717) is 13.4 Å². The Morgan fingerprint density at radius 1 is 1.38 bits per heavy atom. The molecule has 1 aromatic carbocycles. The summed E-state index contributed by atoms with van der Waals surface area (Å²) in [6, 6.07) is 4.96. The van der Waals surface area contributed by atoms with Gasteiger partial charge in [0.2, 0.25) is 10.0 Å². The van der Waals surface area contributed by atoms with Crippen LogP contribution in [0.2, 0.25) is 0 Å². The molecule has 0 aliphatic rings. The van der Waals surface area contributed by atoms with Crippen LogP contribution in [0.15, 0.2) is 43.1 Å². The second-order valence-corrected chi connectivity index (χ2v) is 7.54. The molecule has 0 aliphatic heterocycles. The van der Waals surface area contributed by atoms with Crippen LogP contribution in [0.5, 0.6) is 0 Å². The molecule has 0 saturated heterocycles. The Kier molecular flexibility index (Phi) is 5.18. The van der Waals surface area contributed by atoms with Gasteiger partial charge in [0.25, 0.3) is 0 Å². The molecule has 0 aliphatic carbocycles. The van der Waals surface area contributed by atoms with Crippen LogP contribution in [0.1, 0.15) is 0 Å². The normalized spacial score (nSPS) is 11.4. The summed E-state index contributed by atoms with van der Waals surface area (Å²) in [6.07, 6.45) is 0. The van der Waals surface area contributed by atoms with Crippen molar-refractivity contribution in [1.29, 1.82) is 0 Å². The van der Waals surface area contributed by atoms with Gasteiger partial charge >= 0.3 is 0 Å². The Bertz CT molecular complexity index is 513. The maximum atomic E-state index is 11.9. The van der Waals surface area contributed by atoms with E-state index in [-0.39, 0.29) is 11.4 Å². The lowest BCUT2D eigenvalue weighted by atomic mass is 10.4. The summed E-state index contributed by atoms with van der Waals surface area (Å²) >= 11 is 9.52. The molecule has 0 amide bonds. The molecular formula is C9H8Br3NO2S. The SMILES string of the molecule is C=C(Br)CNS(=O)(=O)c1cc(Br)ccc1Br. The molecule has 0 saturated carbocycles. The van der Waals surface area contributed by atoms with Crippen molar-refractivity contribution in [2.45, 2.75) is 4.90 Å². The van der Waals surface area contributed by atoms with Crippen molar-refractivity contribution in [3.05, 3.63) is 38.2 Å². The van der Waals surface area contributed by atoms with E-state index in [1.54, 1.807) is 12.1 Å². The maximum absolute atomic E-state index is 11.9. The van der Waals surface area contributed by atoms with Crippen LogP contribution in [0.4, 0.5) is 0 Å². The molecule has 0 heterocycles. The molecule has 16 heavy (non-hydrogen) atoms. The van der Waals surface area contributed by atoms with E-state index in [1.165, 1.54) is 6.07 Å². The summed E-state index contributed by atoms with van der Waals surface area (Å²) in [6.45, 7) is 3.71. The van der Waals surface area contributed by atoms with E-state index in [2.05, 4.69) is 59.1 Å². The minimum Gasteiger partial charge on any atom is -0.207 e. The van der Waals surface area contributed by atoms with Crippen LogP contribution in [0, 0.1) is 0 Å². The Morgan fingerprint density at radius 2 is 2.00 bits per heavy atom. The van der Waals surface area contributed by atoms with Gasteiger partial charge in [-0.3, -0.25) is 0 Å². The highest BCUT2D eigenvalue weighted by Gasteiger charge is 2.17. The average Bonchev–Trinajstić information content (AvgIpc) is 2.19. The van der Waals surface area contributed by atoms with Gasteiger partial charge in [-0.25, -0.2) is 13.1 Å². The van der Waals surface area contributed by atoms with Crippen molar-refractivity contribution in [2.24, 2.45) is 0 Å². The first-order chi connectivity index (χ1) is 7.33. The van der Waals surface area contributed by atoms with E-state index in [0.717, 1.165) is 0 Å². The third kappa shape index (κ3) is 3.96. The number of hydrogen-bond donors (Lipinski definition) is 1. The van der Waals surface area contributed by atoms with Crippen LogP contribution in [-0.4, -0.2) is 15.0 Å². The zero-order valence-corrected chi connectivity index (χ0v) is 13.6. The molecule has 3 nitrogen and oxygen atoms in total. The first-order valence-corrected chi connectivity index (χ1v) is 7.97. The lowest BCUT2D eigenvalue weighted by molar-refractivity contribution is 0.585. The number of rotatable bonds is 4. The van der Waals surface area contributed by atoms with E-state index >= 15 is 0 Å². The summed E-state index contributed by atoms with van der Waals surface area (Å²) in [7, 11) is -3.53. The predicted octanol–water partition coefficient (Wildman–Crippen LogP) is 3.40. The van der Waals surface area contributed by atoms with Gasteiger partial charge in [0.1, 0.15) is 0 Å². The van der Waals surface area contributed by atoms with Gasteiger partial charge in [-0.1, -0.05) is 38.4 Å². The van der Waals surface area contributed by atoms with E-state index < -0.39 is 10.0 Å². The Balaban J connectivity index is 3.07. The van der Waals surface area contributed by atoms with Crippen LogP contribution in [0.3, 0.4) is 0 Å². The standard InChI is InChI=1S/C9H8Br3NO2S/c1-6(10)5-13-16(14,15)9-4-7(11)2-3-8(9)12/h2-4,13H,1,5H2. The first kappa shape index (κ1) is 14.4. The third-order valence-corrected chi connectivity index (χ3v) is 4.81. The van der Waals surface area contributed by atoms with E-state index in [9.17, 15) is 8.42 Å². The fourth-order valence-corrected chi connectivity index (χ4v) is 3.79. The lowest BCUT2D eigenvalue weighted by Crippen LogP contribution is -2.25. The molecule has 88 valence electrons. The fourth-order valence-electron chi connectivity index (χ4n) is 0.934. The predicted molar refractivity (Wildman–Crippen MR) is 75.1 cm³/mol. The number of nitrogens with one attached hydrogen (secondary N) is 1. The quantitative estimate of drug-likeness (QED) is 0.791. The topological polar surface area (TPSA) is 46.2 Å². The molecule has 0 spiro atoms. The van der Waals surface area contributed by atoms with Crippen molar-refractivity contribution in [3.63, 3.8) is 0 Å². The number of benzene rings is 1. The van der Waals surface area contributed by atoms with Crippen LogP contribution < -0.4 is 4.72 Å². The second kappa shape index (κ2) is 5.77. The molecule has 1 rings (SSSR count). The van der Waals surface area contributed by atoms with Gasteiger partial charge in [0.05, 0.1) is 4.90 Å². The Morgan fingerprint density at radius 3 is 2.56 bits per heavy atom. The smallest absolute Gasteiger partial charge is 0.207 e. The summed E-state index contributed by atoms with van der Waals surface area (Å²) in [4.78, 5) is 0.190. The highest BCUT2D eigenvalue weighted by Crippen LogP contribution is 2.25. The third-order valence-electron chi connectivity index (χ3n) is 1.64. The first-order valence-electron chi connectivity index (χ1n) is 4.11. The molecule has 0 bridgehead atoms. The number of halogens is 3. The van der Waals surface area contributed by atoms with Crippen LogP contribution >= 0.6 is 47.8 Å². The molecule has 1 aromatic rings.